The number of halogens is 1. The fraction of sp³-hybridized carbons (Fsp3) is 0.500. The number of amides is 1. The first-order valence-electron chi connectivity index (χ1n) is 6.35. The number of benzene rings is 1. The predicted octanol–water partition coefficient (Wildman–Crippen LogP) is 3.29. The molecule has 18 heavy (non-hydrogen) atoms. The first kappa shape index (κ1) is 13.4. The van der Waals surface area contributed by atoms with Crippen molar-refractivity contribution >= 4 is 27.5 Å². The van der Waals surface area contributed by atoms with Crippen LogP contribution in [0.4, 0.5) is 5.69 Å². The number of rotatable bonds is 4. The fourth-order valence-electron chi connectivity index (χ4n) is 2.05. The largest absolute Gasteiger partial charge is 0.398 e. The van der Waals surface area contributed by atoms with Crippen molar-refractivity contribution in [2.45, 2.75) is 32.7 Å². The van der Waals surface area contributed by atoms with Crippen LogP contribution in [0, 0.1) is 5.92 Å². The molecule has 4 heteroatoms. The van der Waals surface area contributed by atoms with E-state index in [2.05, 4.69) is 29.8 Å². The van der Waals surface area contributed by atoms with Crippen LogP contribution in [0.25, 0.3) is 0 Å². The lowest BCUT2D eigenvalue weighted by Crippen LogP contribution is -2.36. The molecule has 0 atom stereocenters. The summed E-state index contributed by atoms with van der Waals surface area (Å²) in [4.78, 5) is 14.6. The van der Waals surface area contributed by atoms with Gasteiger partial charge in [0.15, 0.2) is 0 Å². The SMILES string of the molecule is CC(C)CN(C(=O)c1cccc(N)c1Br)C1CC1. The zero-order chi connectivity index (χ0) is 13.3. The maximum Gasteiger partial charge on any atom is 0.255 e. The number of hydrogen-bond acceptors (Lipinski definition) is 2. The number of anilines is 1. The van der Waals surface area contributed by atoms with Crippen LogP contribution in [-0.2, 0) is 0 Å². The van der Waals surface area contributed by atoms with Gasteiger partial charge in [-0.2, -0.15) is 0 Å². The molecular formula is C14H19BrN2O. The van der Waals surface area contributed by atoms with Crippen LogP contribution in [0.15, 0.2) is 22.7 Å². The molecular weight excluding hydrogens is 292 g/mol. The molecule has 0 aromatic heterocycles. The fourth-order valence-corrected chi connectivity index (χ4v) is 2.48. The molecule has 0 spiro atoms. The molecule has 1 fully saturated rings. The monoisotopic (exact) mass is 310 g/mol. The van der Waals surface area contributed by atoms with Crippen molar-refractivity contribution in [3.05, 3.63) is 28.2 Å². The van der Waals surface area contributed by atoms with Crippen molar-refractivity contribution in [3.63, 3.8) is 0 Å². The number of nitrogens with two attached hydrogens (primary N) is 1. The van der Waals surface area contributed by atoms with Crippen LogP contribution in [0.1, 0.15) is 37.0 Å². The summed E-state index contributed by atoms with van der Waals surface area (Å²) in [6.07, 6.45) is 2.25. The van der Waals surface area contributed by atoms with E-state index in [9.17, 15) is 4.79 Å². The molecule has 0 radical (unpaired) electrons. The summed E-state index contributed by atoms with van der Waals surface area (Å²) in [7, 11) is 0. The van der Waals surface area contributed by atoms with Gasteiger partial charge in [-0.15, -0.1) is 0 Å². The Balaban J connectivity index is 2.25. The van der Waals surface area contributed by atoms with Gasteiger partial charge in [0.2, 0.25) is 0 Å². The van der Waals surface area contributed by atoms with Crippen molar-refractivity contribution in [1.82, 2.24) is 4.90 Å². The molecule has 98 valence electrons. The van der Waals surface area contributed by atoms with Gasteiger partial charge in [-0.3, -0.25) is 4.79 Å². The van der Waals surface area contributed by atoms with E-state index in [0.717, 1.165) is 19.4 Å². The van der Waals surface area contributed by atoms with Crippen LogP contribution in [0.2, 0.25) is 0 Å². The molecule has 1 saturated carbocycles. The average Bonchev–Trinajstić information content (AvgIpc) is 3.12. The molecule has 1 aliphatic rings. The Hall–Kier alpha value is -1.03. The van der Waals surface area contributed by atoms with E-state index in [-0.39, 0.29) is 5.91 Å². The topological polar surface area (TPSA) is 46.3 Å². The van der Waals surface area contributed by atoms with Crippen LogP contribution in [0.3, 0.4) is 0 Å². The normalized spacial score (nSPS) is 14.9. The van der Waals surface area contributed by atoms with Crippen molar-refractivity contribution in [3.8, 4) is 0 Å². The summed E-state index contributed by atoms with van der Waals surface area (Å²) in [6.45, 7) is 5.08. The second-order valence-corrected chi connectivity index (χ2v) is 6.08. The zero-order valence-electron chi connectivity index (χ0n) is 10.8. The van der Waals surface area contributed by atoms with Gasteiger partial charge >= 0.3 is 0 Å². The third kappa shape index (κ3) is 2.86. The van der Waals surface area contributed by atoms with Gasteiger partial charge in [0, 0.05) is 18.3 Å². The lowest BCUT2D eigenvalue weighted by atomic mass is 10.1. The minimum absolute atomic E-state index is 0.0883. The predicted molar refractivity (Wildman–Crippen MR) is 77.5 cm³/mol. The van der Waals surface area contributed by atoms with Crippen LogP contribution in [0.5, 0.6) is 0 Å². The summed E-state index contributed by atoms with van der Waals surface area (Å²) in [5.41, 5.74) is 7.12. The average molecular weight is 311 g/mol. The molecule has 1 aromatic carbocycles. The molecule has 2 N–H and O–H groups in total. The summed E-state index contributed by atoms with van der Waals surface area (Å²) in [5.74, 6) is 0.569. The van der Waals surface area contributed by atoms with Crippen LogP contribution < -0.4 is 5.73 Å². The minimum atomic E-state index is 0.0883. The van der Waals surface area contributed by atoms with Gasteiger partial charge in [0.25, 0.3) is 5.91 Å². The second-order valence-electron chi connectivity index (χ2n) is 5.29. The Labute approximate surface area is 116 Å². The van der Waals surface area contributed by atoms with E-state index < -0.39 is 0 Å². The molecule has 0 heterocycles. The van der Waals surface area contributed by atoms with Crippen molar-refractivity contribution < 1.29 is 4.79 Å². The first-order chi connectivity index (χ1) is 8.50. The molecule has 0 unspecified atom stereocenters. The zero-order valence-corrected chi connectivity index (χ0v) is 12.4. The first-order valence-corrected chi connectivity index (χ1v) is 7.15. The van der Waals surface area contributed by atoms with Crippen LogP contribution in [-0.4, -0.2) is 23.4 Å². The minimum Gasteiger partial charge on any atom is -0.398 e. The van der Waals surface area contributed by atoms with E-state index in [1.165, 1.54) is 0 Å². The molecule has 1 aliphatic carbocycles. The number of carbonyl (C=O) groups is 1. The van der Waals surface area contributed by atoms with E-state index in [1.54, 1.807) is 6.07 Å². The smallest absolute Gasteiger partial charge is 0.255 e. The molecule has 2 rings (SSSR count). The summed E-state index contributed by atoms with van der Waals surface area (Å²) in [6, 6.07) is 5.88. The van der Waals surface area contributed by atoms with Gasteiger partial charge < -0.3 is 10.6 Å². The number of hydrogen-bond donors (Lipinski definition) is 1. The van der Waals surface area contributed by atoms with Crippen LogP contribution >= 0.6 is 15.9 Å². The maximum absolute atomic E-state index is 12.6. The summed E-state index contributed by atoms with van der Waals surface area (Å²) in [5, 5.41) is 0. The number of carbonyl (C=O) groups excluding carboxylic acids is 1. The lowest BCUT2D eigenvalue weighted by molar-refractivity contribution is 0.0721. The molecule has 3 nitrogen and oxygen atoms in total. The Bertz CT molecular complexity index is 455. The summed E-state index contributed by atoms with van der Waals surface area (Å²) >= 11 is 3.41. The Morgan fingerprint density at radius 1 is 1.50 bits per heavy atom. The third-order valence-corrected chi connectivity index (χ3v) is 3.95. The van der Waals surface area contributed by atoms with Gasteiger partial charge in [-0.1, -0.05) is 19.9 Å². The van der Waals surface area contributed by atoms with Crippen molar-refractivity contribution in [2.24, 2.45) is 5.92 Å². The Morgan fingerprint density at radius 3 is 2.72 bits per heavy atom. The molecule has 1 amide bonds. The second kappa shape index (κ2) is 5.31. The highest BCUT2D eigenvalue weighted by Crippen LogP contribution is 2.31. The molecule has 0 bridgehead atoms. The Morgan fingerprint density at radius 2 is 2.17 bits per heavy atom. The standard InChI is InChI=1S/C14H19BrN2O/c1-9(2)8-17(10-6-7-10)14(18)11-4-3-5-12(16)13(11)15/h3-5,9-10H,6-8,16H2,1-2H3. The summed E-state index contributed by atoms with van der Waals surface area (Å²) < 4.78 is 0.712. The van der Waals surface area contributed by atoms with Gasteiger partial charge in [-0.05, 0) is 46.8 Å². The molecule has 1 aromatic rings. The highest BCUT2D eigenvalue weighted by Gasteiger charge is 2.34. The van der Waals surface area contributed by atoms with E-state index in [4.69, 9.17) is 5.73 Å². The van der Waals surface area contributed by atoms with Crippen molar-refractivity contribution in [1.29, 1.82) is 0 Å². The van der Waals surface area contributed by atoms with Gasteiger partial charge in [-0.25, -0.2) is 0 Å². The van der Waals surface area contributed by atoms with Crippen molar-refractivity contribution in [2.75, 3.05) is 12.3 Å². The number of nitrogens with zero attached hydrogens (tertiary/aromatic N) is 1. The maximum atomic E-state index is 12.6. The number of nitrogen functional groups attached to an aromatic ring is 1. The highest BCUT2D eigenvalue weighted by atomic mass is 79.9. The van der Waals surface area contributed by atoms with E-state index in [1.807, 2.05) is 17.0 Å². The van der Waals surface area contributed by atoms with E-state index in [0.29, 0.717) is 27.7 Å². The molecule has 0 saturated heterocycles. The highest BCUT2D eigenvalue weighted by molar-refractivity contribution is 9.10. The third-order valence-electron chi connectivity index (χ3n) is 3.07. The quantitative estimate of drug-likeness (QED) is 0.867. The Kier molecular flexibility index (Phi) is 3.95. The lowest BCUT2D eigenvalue weighted by Gasteiger charge is -2.25. The van der Waals surface area contributed by atoms with E-state index >= 15 is 0 Å². The van der Waals surface area contributed by atoms with Gasteiger partial charge in [0.05, 0.1) is 10.0 Å². The van der Waals surface area contributed by atoms with Gasteiger partial charge in [0.1, 0.15) is 0 Å². The molecule has 0 aliphatic heterocycles.